The monoisotopic (exact) mass is 604 g/mol. The fraction of sp³-hybridized carbons (Fsp3) is 0.600. The second kappa shape index (κ2) is 35.5. The topological polar surface area (TPSA) is 167 Å². The third-order valence-corrected chi connectivity index (χ3v) is 2.14. The van der Waals surface area contributed by atoms with Crippen LogP contribution in [0.3, 0.4) is 0 Å². The van der Waals surface area contributed by atoms with Gasteiger partial charge < -0.3 is 39.6 Å². The predicted octanol–water partition coefficient (Wildman–Crippen LogP) is -19.4. The molecule has 0 bridgehead atoms. The molecule has 0 spiro atoms. The van der Waals surface area contributed by atoms with Crippen molar-refractivity contribution >= 4 is 23.9 Å². The van der Waals surface area contributed by atoms with Crippen molar-refractivity contribution in [3.63, 3.8) is 0 Å². The van der Waals surface area contributed by atoms with Gasteiger partial charge in [-0.2, -0.15) is 0 Å². The van der Waals surface area contributed by atoms with Crippen molar-refractivity contribution in [1.82, 2.24) is 9.80 Å². The van der Waals surface area contributed by atoms with Crippen LogP contribution in [0.2, 0.25) is 0 Å². The van der Waals surface area contributed by atoms with Gasteiger partial charge >= 0.3 is 118 Å². The predicted molar refractivity (Wildman–Crippen MR) is 52.9 cm³/mol. The molecule has 0 aromatic heterocycles. The van der Waals surface area contributed by atoms with E-state index in [9.17, 15) is 39.6 Å². The van der Waals surface area contributed by atoms with Crippen LogP contribution in [-0.4, -0.2) is 72.9 Å². The molecule has 0 heterocycles. The second-order valence-electron chi connectivity index (χ2n) is 3.91. The number of nitrogens with zero attached hydrogens (tertiary/aromatic N) is 2. The van der Waals surface area contributed by atoms with Crippen LogP contribution >= 0.6 is 0 Å². The molecule has 0 fully saturated rings. The van der Waals surface area contributed by atoms with Gasteiger partial charge in [0.05, 0.1) is 23.9 Å². The Labute approximate surface area is 293 Å². The van der Waals surface area contributed by atoms with E-state index in [1.807, 2.05) is 0 Å². The zero-order valence-electron chi connectivity index (χ0n) is 15.8. The summed E-state index contributed by atoms with van der Waals surface area (Å²) in [4.78, 5) is 43.4. The minimum absolute atomic E-state index is 0. The molecule has 0 radical (unpaired) electrons. The summed E-state index contributed by atoms with van der Waals surface area (Å²) in [6, 6.07) is 0. The number of carboxylic acids is 4. The van der Waals surface area contributed by atoms with Crippen molar-refractivity contribution in [1.29, 1.82) is 0 Å². The Morgan fingerprint density at radius 2 is 0.607 bits per heavy atom. The van der Waals surface area contributed by atoms with Crippen molar-refractivity contribution in [2.45, 2.75) is 0 Å². The zero-order valence-corrected chi connectivity index (χ0v) is 28.2. The normalized spacial score (nSPS) is 7.64. The van der Waals surface area contributed by atoms with E-state index in [0.717, 1.165) is 9.80 Å². The molecule has 0 amide bonds. The zero-order chi connectivity index (χ0) is 15.7. The van der Waals surface area contributed by atoms with Gasteiger partial charge in [0.15, 0.2) is 0 Å². The molecule has 0 N–H and O–H groups in total. The van der Waals surface area contributed by atoms with Crippen LogP contribution < -0.4 is 139 Å². The van der Waals surface area contributed by atoms with Gasteiger partial charge in [-0.25, -0.2) is 0 Å². The molecule has 0 saturated heterocycles. The molecule has 10 nitrogen and oxygen atoms in total. The average molecular weight is 604 g/mol. The van der Waals surface area contributed by atoms with Gasteiger partial charge in [-0.1, -0.05) is 0 Å². The van der Waals surface area contributed by atoms with Gasteiger partial charge in [-0.3, -0.25) is 9.80 Å². The molecule has 0 aromatic carbocycles. The number of carbonyl (C=O) groups excluding carboxylic acids is 4. The van der Waals surface area contributed by atoms with E-state index in [1.165, 1.54) is 0 Å². The quantitative estimate of drug-likeness (QED) is 0.207. The SMILES string of the molecule is O=C([O-])CN(CCN(CC(=O)[O-])CC(=O)[O-])CC(=O)[O-].[Fe].[Fe].[Fe].[Fe].[Na+].[Na+].[Na+].[Na+]. The molecule has 0 saturated carbocycles. The fourth-order valence-corrected chi connectivity index (χ4v) is 1.44. The van der Waals surface area contributed by atoms with Crippen LogP contribution in [0.4, 0.5) is 0 Å². The maximum atomic E-state index is 10.4. The molecule has 28 heavy (non-hydrogen) atoms. The smallest absolute Gasteiger partial charge is 0.549 e. The summed E-state index contributed by atoms with van der Waals surface area (Å²) in [5, 5.41) is 41.6. The number of aliphatic carboxylic acids is 4. The molecule has 0 rings (SSSR count). The van der Waals surface area contributed by atoms with E-state index >= 15 is 0 Å². The minimum atomic E-state index is -1.53. The third kappa shape index (κ3) is 40.3. The summed E-state index contributed by atoms with van der Waals surface area (Å²) in [6.45, 7) is -3.25. The van der Waals surface area contributed by atoms with Crippen LogP contribution in [0.1, 0.15) is 0 Å². The van der Waals surface area contributed by atoms with Crippen LogP contribution in [-0.2, 0) is 87.5 Å². The Hall–Kier alpha value is 3.88. The average Bonchev–Trinajstić information content (AvgIpc) is 2.22. The minimum Gasteiger partial charge on any atom is -0.549 e. The van der Waals surface area contributed by atoms with Crippen molar-refractivity contribution < 1.29 is 226 Å². The molecular formula is C10H12Fe4N2Na4O8. The summed E-state index contributed by atoms with van der Waals surface area (Å²) in [7, 11) is 0. The molecule has 146 valence electrons. The Bertz CT molecular complexity index is 348. The Kier molecular flexibility index (Phi) is 73.6. The molecule has 0 unspecified atom stereocenters. The van der Waals surface area contributed by atoms with E-state index in [1.54, 1.807) is 0 Å². The Morgan fingerprint density at radius 3 is 0.714 bits per heavy atom. The van der Waals surface area contributed by atoms with Crippen molar-refractivity contribution in [2.24, 2.45) is 0 Å². The van der Waals surface area contributed by atoms with E-state index in [2.05, 4.69) is 0 Å². The molecular weight excluding hydrogens is 591 g/mol. The van der Waals surface area contributed by atoms with Gasteiger partial charge in [-0.05, 0) is 0 Å². The Balaban J connectivity index is -0.0000000645. The van der Waals surface area contributed by atoms with Gasteiger partial charge in [0.25, 0.3) is 0 Å². The summed E-state index contributed by atoms with van der Waals surface area (Å²) in [5.41, 5.74) is 0. The number of hydrogen-bond acceptors (Lipinski definition) is 10. The van der Waals surface area contributed by atoms with Crippen LogP contribution in [0.15, 0.2) is 0 Å². The molecule has 0 aromatic rings. The number of rotatable bonds is 11. The first-order chi connectivity index (χ1) is 9.20. The summed E-state index contributed by atoms with van der Waals surface area (Å²) in [6.07, 6.45) is 0. The largest absolute Gasteiger partial charge is 1.00 e. The molecule has 0 aliphatic rings. The van der Waals surface area contributed by atoms with Crippen LogP contribution in [0.25, 0.3) is 0 Å². The third-order valence-electron chi connectivity index (χ3n) is 2.14. The molecule has 0 atom stereocenters. The van der Waals surface area contributed by atoms with Crippen LogP contribution in [0.5, 0.6) is 0 Å². The van der Waals surface area contributed by atoms with E-state index < -0.39 is 50.1 Å². The van der Waals surface area contributed by atoms with Crippen molar-refractivity contribution in [3.8, 4) is 0 Å². The molecule has 18 heteroatoms. The van der Waals surface area contributed by atoms with Gasteiger partial charge in [0.1, 0.15) is 0 Å². The number of hydrogen-bond donors (Lipinski definition) is 0. The first-order valence-electron chi connectivity index (χ1n) is 5.44. The fourth-order valence-electron chi connectivity index (χ4n) is 1.44. The molecule has 0 aliphatic heterocycles. The maximum Gasteiger partial charge on any atom is 1.00 e. The van der Waals surface area contributed by atoms with Gasteiger partial charge in [0.2, 0.25) is 0 Å². The van der Waals surface area contributed by atoms with E-state index in [0.29, 0.717) is 0 Å². The number of carbonyl (C=O) groups is 4. The van der Waals surface area contributed by atoms with E-state index in [-0.39, 0.29) is 200 Å². The van der Waals surface area contributed by atoms with Crippen molar-refractivity contribution in [3.05, 3.63) is 0 Å². The first-order valence-corrected chi connectivity index (χ1v) is 5.44. The van der Waals surface area contributed by atoms with E-state index in [4.69, 9.17) is 0 Å². The van der Waals surface area contributed by atoms with Gasteiger partial charge in [0, 0.05) is 108 Å². The summed E-state index contributed by atoms with van der Waals surface area (Å²) in [5.74, 6) is -6.12. The number of carboxylic acid groups (broad SMARTS) is 4. The molecule has 0 aliphatic carbocycles. The van der Waals surface area contributed by atoms with Crippen LogP contribution in [0, 0.1) is 0 Å². The van der Waals surface area contributed by atoms with Crippen molar-refractivity contribution in [2.75, 3.05) is 39.3 Å². The second-order valence-corrected chi connectivity index (χ2v) is 3.91. The maximum absolute atomic E-state index is 10.4. The Morgan fingerprint density at radius 1 is 0.464 bits per heavy atom. The summed E-state index contributed by atoms with van der Waals surface area (Å²) >= 11 is 0. The first kappa shape index (κ1) is 58.1. The summed E-state index contributed by atoms with van der Waals surface area (Å²) < 4.78 is 0. The standard InChI is InChI=1S/C10H16N2O8.4Fe.4Na/c13-7(14)3-11(4-8(15)16)1-2-12(5-9(17)18)6-10(19)20;;;;;;;;/h1-6H2,(H,13,14)(H,15,16)(H,17,18)(H,19,20);;;;;;;;/q;;;;;4*+1/p-4. The van der Waals surface area contributed by atoms with Gasteiger partial charge in [-0.15, -0.1) is 0 Å².